The van der Waals surface area contributed by atoms with E-state index in [0.29, 0.717) is 0 Å². The number of rotatable bonds is 4. The summed E-state index contributed by atoms with van der Waals surface area (Å²) in [5, 5.41) is 20.7. The Morgan fingerprint density at radius 1 is 1.04 bits per heavy atom. The molecule has 2 aromatic rings. The number of phenolic OH excluding ortho intramolecular Hbond substituents is 2. The first-order valence-electron chi connectivity index (χ1n) is 7.90. The number of hydrogen-bond acceptors (Lipinski definition) is 5. The van der Waals surface area contributed by atoms with Crippen molar-refractivity contribution in [1.82, 2.24) is 0 Å². The van der Waals surface area contributed by atoms with Crippen LogP contribution in [0.15, 0.2) is 35.2 Å². The molecule has 3 rings (SSSR count). The molecule has 0 saturated heterocycles. The van der Waals surface area contributed by atoms with E-state index < -0.39 is 0 Å². The first-order chi connectivity index (χ1) is 11.1. The molecule has 5 heteroatoms. The molecule has 0 aromatic heterocycles. The van der Waals surface area contributed by atoms with Gasteiger partial charge in [0.25, 0.3) is 0 Å². The molecular formula is C18H20O4S. The van der Waals surface area contributed by atoms with E-state index in [4.69, 9.17) is 4.74 Å². The number of carbonyl (C=O) groups excluding carboxylic acids is 1. The van der Waals surface area contributed by atoms with E-state index >= 15 is 0 Å². The average molecular weight is 332 g/mol. The Hall–Kier alpha value is -1.88. The Labute approximate surface area is 139 Å². The van der Waals surface area contributed by atoms with Gasteiger partial charge in [0.15, 0.2) is 11.5 Å². The summed E-state index contributed by atoms with van der Waals surface area (Å²) in [6.07, 6.45) is 5.58. The molecule has 0 atom stereocenters. The molecule has 2 aromatic carbocycles. The number of ether oxygens (including phenoxy) is 1. The van der Waals surface area contributed by atoms with Crippen molar-refractivity contribution in [1.29, 1.82) is 0 Å². The van der Waals surface area contributed by atoms with Gasteiger partial charge in [-0.3, -0.25) is 4.79 Å². The van der Waals surface area contributed by atoms with Crippen LogP contribution in [-0.2, 0) is 9.53 Å². The molecule has 1 aliphatic carbocycles. The SMILES string of the molecule is O=C(CSc1ccc2cc(O)c(O)cc2c1)OC1CCCCC1. The maximum absolute atomic E-state index is 11.9. The highest BCUT2D eigenvalue weighted by Crippen LogP contribution is 2.32. The van der Waals surface area contributed by atoms with Gasteiger partial charge in [-0.2, -0.15) is 0 Å². The van der Waals surface area contributed by atoms with E-state index in [0.717, 1.165) is 41.4 Å². The van der Waals surface area contributed by atoms with Crippen LogP contribution in [0.2, 0.25) is 0 Å². The minimum atomic E-state index is -0.171. The molecule has 1 aliphatic rings. The first kappa shape index (κ1) is 16.0. The van der Waals surface area contributed by atoms with Crippen molar-refractivity contribution in [3.63, 3.8) is 0 Å². The molecule has 0 heterocycles. The molecule has 0 radical (unpaired) electrons. The van der Waals surface area contributed by atoms with Gasteiger partial charge in [-0.1, -0.05) is 12.5 Å². The van der Waals surface area contributed by atoms with Crippen molar-refractivity contribution in [2.45, 2.75) is 43.1 Å². The summed E-state index contributed by atoms with van der Waals surface area (Å²) >= 11 is 1.42. The van der Waals surface area contributed by atoms with Crippen molar-refractivity contribution in [2.24, 2.45) is 0 Å². The zero-order valence-corrected chi connectivity index (χ0v) is 13.6. The van der Waals surface area contributed by atoms with Crippen LogP contribution in [0.25, 0.3) is 10.8 Å². The zero-order chi connectivity index (χ0) is 16.2. The first-order valence-corrected chi connectivity index (χ1v) is 8.88. The van der Waals surface area contributed by atoms with E-state index in [1.54, 1.807) is 0 Å². The lowest BCUT2D eigenvalue weighted by atomic mass is 9.98. The van der Waals surface area contributed by atoms with Crippen LogP contribution in [0.3, 0.4) is 0 Å². The number of hydrogen-bond donors (Lipinski definition) is 2. The summed E-state index contributed by atoms with van der Waals surface area (Å²) in [7, 11) is 0. The zero-order valence-electron chi connectivity index (χ0n) is 12.8. The second-order valence-corrected chi connectivity index (χ2v) is 6.94. The number of benzene rings is 2. The number of thioether (sulfide) groups is 1. The second-order valence-electron chi connectivity index (χ2n) is 5.89. The van der Waals surface area contributed by atoms with Gasteiger partial charge in [-0.25, -0.2) is 0 Å². The molecule has 0 aliphatic heterocycles. The maximum Gasteiger partial charge on any atom is 0.316 e. The normalized spacial score (nSPS) is 15.7. The topological polar surface area (TPSA) is 66.8 Å². The van der Waals surface area contributed by atoms with E-state index in [1.807, 2.05) is 18.2 Å². The van der Waals surface area contributed by atoms with E-state index in [9.17, 15) is 15.0 Å². The fourth-order valence-electron chi connectivity index (χ4n) is 2.89. The number of phenols is 2. The summed E-state index contributed by atoms with van der Waals surface area (Å²) in [6, 6.07) is 8.71. The standard InChI is InChI=1S/C18H20O4S/c19-16-9-12-6-7-15(8-13(12)10-17(16)20)23-11-18(21)22-14-4-2-1-3-5-14/h6-10,14,19-20H,1-5,11H2. The molecule has 122 valence electrons. The highest BCUT2D eigenvalue weighted by Gasteiger charge is 2.17. The van der Waals surface area contributed by atoms with Crippen LogP contribution in [0.4, 0.5) is 0 Å². The predicted octanol–water partition coefficient (Wildman–Crippen LogP) is 4.22. The highest BCUT2D eigenvalue weighted by atomic mass is 32.2. The summed E-state index contributed by atoms with van der Waals surface area (Å²) in [5.74, 6) is -0.160. The molecule has 1 saturated carbocycles. The van der Waals surface area contributed by atoms with Gasteiger partial charge in [0.1, 0.15) is 6.10 Å². The lowest BCUT2D eigenvalue weighted by Crippen LogP contribution is -2.21. The van der Waals surface area contributed by atoms with Gasteiger partial charge in [0, 0.05) is 4.90 Å². The second kappa shape index (κ2) is 7.13. The summed E-state index contributed by atoms with van der Waals surface area (Å²) in [6.45, 7) is 0. The van der Waals surface area contributed by atoms with Crippen LogP contribution >= 0.6 is 11.8 Å². The van der Waals surface area contributed by atoms with Gasteiger partial charge in [-0.15, -0.1) is 11.8 Å². The smallest absolute Gasteiger partial charge is 0.316 e. The molecule has 4 nitrogen and oxygen atoms in total. The van der Waals surface area contributed by atoms with E-state index in [1.165, 1.54) is 30.3 Å². The summed E-state index contributed by atoms with van der Waals surface area (Å²) in [4.78, 5) is 12.9. The minimum Gasteiger partial charge on any atom is -0.504 e. The third-order valence-electron chi connectivity index (χ3n) is 4.11. The highest BCUT2D eigenvalue weighted by molar-refractivity contribution is 8.00. The van der Waals surface area contributed by atoms with Crippen molar-refractivity contribution >= 4 is 28.5 Å². The number of carbonyl (C=O) groups is 1. The van der Waals surface area contributed by atoms with E-state index in [-0.39, 0.29) is 29.3 Å². The van der Waals surface area contributed by atoms with Crippen molar-refractivity contribution in [2.75, 3.05) is 5.75 Å². The van der Waals surface area contributed by atoms with Crippen LogP contribution in [0, 0.1) is 0 Å². The molecule has 0 amide bonds. The monoisotopic (exact) mass is 332 g/mol. The van der Waals surface area contributed by atoms with E-state index in [2.05, 4.69) is 0 Å². The molecule has 1 fully saturated rings. The fraction of sp³-hybridized carbons (Fsp3) is 0.389. The Bertz CT molecular complexity index is 707. The van der Waals surface area contributed by atoms with Gasteiger partial charge >= 0.3 is 5.97 Å². The third kappa shape index (κ3) is 4.10. The lowest BCUT2D eigenvalue weighted by molar-refractivity contribution is -0.147. The predicted molar refractivity (Wildman–Crippen MR) is 91.0 cm³/mol. The summed E-state index contributed by atoms with van der Waals surface area (Å²) in [5.41, 5.74) is 0. The Kier molecular flexibility index (Phi) is 4.96. The van der Waals surface area contributed by atoms with Crippen LogP contribution in [-0.4, -0.2) is 28.0 Å². The quantitative estimate of drug-likeness (QED) is 0.498. The molecule has 0 unspecified atom stereocenters. The van der Waals surface area contributed by atoms with Gasteiger partial charge < -0.3 is 14.9 Å². The molecule has 23 heavy (non-hydrogen) atoms. The Morgan fingerprint density at radius 2 is 1.74 bits per heavy atom. The summed E-state index contributed by atoms with van der Waals surface area (Å²) < 4.78 is 5.50. The molecular weight excluding hydrogens is 312 g/mol. The maximum atomic E-state index is 11.9. The number of fused-ring (bicyclic) bond motifs is 1. The largest absolute Gasteiger partial charge is 0.504 e. The Morgan fingerprint density at radius 3 is 2.48 bits per heavy atom. The third-order valence-corrected chi connectivity index (χ3v) is 5.08. The molecule has 0 spiro atoms. The van der Waals surface area contributed by atoms with Crippen LogP contribution < -0.4 is 0 Å². The van der Waals surface area contributed by atoms with Crippen molar-refractivity contribution < 1.29 is 19.7 Å². The van der Waals surface area contributed by atoms with Crippen molar-refractivity contribution in [3.05, 3.63) is 30.3 Å². The number of aromatic hydroxyl groups is 2. The van der Waals surface area contributed by atoms with Crippen molar-refractivity contribution in [3.8, 4) is 11.5 Å². The Balaban J connectivity index is 1.60. The number of esters is 1. The van der Waals surface area contributed by atoms with Gasteiger partial charge in [0.05, 0.1) is 5.75 Å². The molecule has 0 bridgehead atoms. The minimum absolute atomic E-state index is 0.0911. The van der Waals surface area contributed by atoms with Crippen LogP contribution in [0.5, 0.6) is 11.5 Å². The van der Waals surface area contributed by atoms with Crippen LogP contribution in [0.1, 0.15) is 32.1 Å². The van der Waals surface area contributed by atoms with Gasteiger partial charge in [-0.05, 0) is 60.7 Å². The molecule has 2 N–H and O–H groups in total. The van der Waals surface area contributed by atoms with Gasteiger partial charge in [0.2, 0.25) is 0 Å². The average Bonchev–Trinajstić information content (AvgIpc) is 2.55. The fourth-order valence-corrected chi connectivity index (χ4v) is 3.61. The lowest BCUT2D eigenvalue weighted by Gasteiger charge is -2.21.